The third-order valence-electron chi connectivity index (χ3n) is 2.37. The maximum absolute atomic E-state index is 9.83. The molecule has 0 aromatic heterocycles. The molecule has 4 N–H and O–H groups in total. The average molecular weight is 211 g/mol. The summed E-state index contributed by atoms with van der Waals surface area (Å²) >= 11 is 0. The lowest BCUT2D eigenvalue weighted by atomic mass is 9.98. The van der Waals surface area contributed by atoms with Crippen molar-refractivity contribution in [2.75, 3.05) is 13.6 Å². The third kappa shape index (κ3) is 2.68. The molecule has 0 saturated heterocycles. The van der Waals surface area contributed by atoms with Gasteiger partial charge in [-0.1, -0.05) is 12.1 Å². The Labute approximate surface area is 89.2 Å². The predicted octanol–water partition coefficient (Wildman–Crippen LogP) is 0.314. The molecule has 4 heteroatoms. The van der Waals surface area contributed by atoms with Crippen LogP contribution in [0.4, 0.5) is 0 Å². The van der Waals surface area contributed by atoms with Crippen molar-refractivity contribution in [1.82, 2.24) is 5.32 Å². The van der Waals surface area contributed by atoms with Crippen molar-refractivity contribution < 1.29 is 15.3 Å². The van der Waals surface area contributed by atoms with Crippen molar-refractivity contribution in [3.63, 3.8) is 0 Å². The smallest absolute Gasteiger partial charge is 0.121 e. The molecule has 0 fully saturated rings. The van der Waals surface area contributed by atoms with Crippen LogP contribution in [0.5, 0.6) is 5.75 Å². The van der Waals surface area contributed by atoms with E-state index < -0.39 is 12.2 Å². The molecule has 2 unspecified atom stereocenters. The Hall–Kier alpha value is -1.10. The molecule has 0 spiro atoms. The first-order valence-electron chi connectivity index (χ1n) is 4.87. The quantitative estimate of drug-likeness (QED) is 0.578. The van der Waals surface area contributed by atoms with Gasteiger partial charge in [0.15, 0.2) is 0 Å². The molecule has 0 radical (unpaired) electrons. The van der Waals surface area contributed by atoms with Gasteiger partial charge in [-0.05, 0) is 25.6 Å². The predicted molar refractivity (Wildman–Crippen MR) is 57.7 cm³/mol. The maximum Gasteiger partial charge on any atom is 0.121 e. The largest absolute Gasteiger partial charge is 0.508 e. The number of likely N-dealkylation sites (N-methyl/N-ethyl adjacent to an activating group) is 1. The summed E-state index contributed by atoms with van der Waals surface area (Å²) in [6.07, 6.45) is -2.00. The molecular weight excluding hydrogens is 194 g/mol. The lowest BCUT2D eigenvalue weighted by Crippen LogP contribution is -2.30. The normalized spacial score (nSPS) is 14.9. The van der Waals surface area contributed by atoms with Gasteiger partial charge in [0.2, 0.25) is 0 Å². The average Bonchev–Trinajstić information content (AvgIpc) is 2.17. The molecule has 1 rings (SSSR count). The lowest BCUT2D eigenvalue weighted by Gasteiger charge is -2.20. The Bertz CT molecular complexity index is 307. The number of phenols is 1. The van der Waals surface area contributed by atoms with Crippen LogP contribution in [0.3, 0.4) is 0 Å². The Morgan fingerprint density at radius 3 is 2.53 bits per heavy atom. The Kier molecular flexibility index (Phi) is 4.08. The van der Waals surface area contributed by atoms with E-state index in [1.54, 1.807) is 26.1 Å². The van der Waals surface area contributed by atoms with Crippen LogP contribution in [0.15, 0.2) is 18.2 Å². The molecule has 15 heavy (non-hydrogen) atoms. The van der Waals surface area contributed by atoms with E-state index in [0.717, 1.165) is 5.56 Å². The van der Waals surface area contributed by atoms with Gasteiger partial charge >= 0.3 is 0 Å². The van der Waals surface area contributed by atoms with Crippen LogP contribution in [0, 0.1) is 6.92 Å². The Morgan fingerprint density at radius 1 is 1.33 bits per heavy atom. The summed E-state index contributed by atoms with van der Waals surface area (Å²) in [6.45, 7) is 2.05. The number of aliphatic hydroxyl groups is 2. The third-order valence-corrected chi connectivity index (χ3v) is 2.37. The highest BCUT2D eigenvalue weighted by atomic mass is 16.3. The van der Waals surface area contributed by atoms with Crippen molar-refractivity contribution in [1.29, 1.82) is 0 Å². The highest BCUT2D eigenvalue weighted by Crippen LogP contribution is 2.29. The number of rotatable bonds is 4. The Morgan fingerprint density at radius 2 is 2.00 bits per heavy atom. The van der Waals surface area contributed by atoms with Gasteiger partial charge in [-0.15, -0.1) is 0 Å². The molecule has 0 aliphatic rings. The number of aliphatic hydroxyl groups excluding tert-OH is 2. The highest BCUT2D eigenvalue weighted by molar-refractivity contribution is 5.40. The van der Waals surface area contributed by atoms with Crippen molar-refractivity contribution in [2.24, 2.45) is 0 Å². The van der Waals surface area contributed by atoms with E-state index in [-0.39, 0.29) is 12.3 Å². The van der Waals surface area contributed by atoms with Gasteiger partial charge in [0.1, 0.15) is 11.9 Å². The summed E-state index contributed by atoms with van der Waals surface area (Å²) in [7, 11) is 1.69. The van der Waals surface area contributed by atoms with Gasteiger partial charge in [-0.2, -0.15) is 0 Å². The lowest BCUT2D eigenvalue weighted by molar-refractivity contribution is 0.0185. The monoisotopic (exact) mass is 211 g/mol. The van der Waals surface area contributed by atoms with Crippen LogP contribution in [0.2, 0.25) is 0 Å². The van der Waals surface area contributed by atoms with E-state index in [9.17, 15) is 15.3 Å². The second-order valence-electron chi connectivity index (χ2n) is 3.58. The minimum Gasteiger partial charge on any atom is -0.508 e. The molecule has 1 aromatic carbocycles. The van der Waals surface area contributed by atoms with Crippen LogP contribution < -0.4 is 5.32 Å². The second-order valence-corrected chi connectivity index (χ2v) is 3.58. The van der Waals surface area contributed by atoms with E-state index in [1.807, 2.05) is 0 Å². The van der Waals surface area contributed by atoms with Gasteiger partial charge in [0.25, 0.3) is 0 Å². The molecule has 0 bridgehead atoms. The van der Waals surface area contributed by atoms with E-state index in [4.69, 9.17) is 0 Å². The maximum atomic E-state index is 9.83. The number of aromatic hydroxyl groups is 1. The Balaban J connectivity index is 2.94. The summed E-state index contributed by atoms with van der Waals surface area (Å²) in [6, 6.07) is 4.98. The zero-order chi connectivity index (χ0) is 11.4. The SMILES string of the molecule is CNCC(O)C(O)c1c(C)cccc1O. The molecule has 4 nitrogen and oxygen atoms in total. The number of phenolic OH excluding ortho intramolecular Hbond substituents is 1. The summed E-state index contributed by atoms with van der Waals surface area (Å²) < 4.78 is 0. The number of benzene rings is 1. The first kappa shape index (κ1) is 12.0. The van der Waals surface area contributed by atoms with Crippen LogP contribution in [-0.4, -0.2) is 35.0 Å². The van der Waals surface area contributed by atoms with Crippen LogP contribution >= 0.6 is 0 Å². The fraction of sp³-hybridized carbons (Fsp3) is 0.455. The molecule has 2 atom stereocenters. The molecular formula is C11H17NO3. The number of hydrogen-bond acceptors (Lipinski definition) is 4. The van der Waals surface area contributed by atoms with Gasteiger partial charge < -0.3 is 20.6 Å². The van der Waals surface area contributed by atoms with Crippen molar-refractivity contribution in [2.45, 2.75) is 19.1 Å². The fourth-order valence-corrected chi connectivity index (χ4v) is 1.56. The van der Waals surface area contributed by atoms with Crippen molar-refractivity contribution in [3.05, 3.63) is 29.3 Å². The van der Waals surface area contributed by atoms with Crippen LogP contribution in [-0.2, 0) is 0 Å². The van der Waals surface area contributed by atoms with Gasteiger partial charge in [0, 0.05) is 12.1 Å². The van der Waals surface area contributed by atoms with Gasteiger partial charge in [-0.25, -0.2) is 0 Å². The van der Waals surface area contributed by atoms with Gasteiger partial charge in [-0.3, -0.25) is 0 Å². The standard InChI is InChI=1S/C11H17NO3/c1-7-4-3-5-8(13)10(7)11(15)9(14)6-12-2/h3-5,9,11-15H,6H2,1-2H3. The summed E-state index contributed by atoms with van der Waals surface area (Å²) in [5.41, 5.74) is 1.15. The summed E-state index contributed by atoms with van der Waals surface area (Å²) in [5.74, 6) is 0.0117. The van der Waals surface area contributed by atoms with Crippen molar-refractivity contribution >= 4 is 0 Å². The molecule has 1 aromatic rings. The van der Waals surface area contributed by atoms with E-state index in [1.165, 1.54) is 6.07 Å². The van der Waals surface area contributed by atoms with E-state index in [2.05, 4.69) is 5.32 Å². The first-order chi connectivity index (χ1) is 7.07. The zero-order valence-electron chi connectivity index (χ0n) is 8.94. The summed E-state index contributed by atoms with van der Waals surface area (Å²) in [4.78, 5) is 0. The minimum atomic E-state index is -1.07. The van der Waals surface area contributed by atoms with Crippen LogP contribution in [0.25, 0.3) is 0 Å². The topological polar surface area (TPSA) is 72.7 Å². The first-order valence-corrected chi connectivity index (χ1v) is 4.87. The molecule has 84 valence electrons. The van der Waals surface area contributed by atoms with Gasteiger partial charge in [0.05, 0.1) is 6.10 Å². The number of hydrogen-bond donors (Lipinski definition) is 4. The highest BCUT2D eigenvalue weighted by Gasteiger charge is 2.22. The molecule has 0 aliphatic heterocycles. The molecule has 0 amide bonds. The number of aryl methyl sites for hydroxylation is 1. The molecule has 0 aliphatic carbocycles. The fourth-order valence-electron chi connectivity index (χ4n) is 1.56. The van der Waals surface area contributed by atoms with Crippen molar-refractivity contribution in [3.8, 4) is 5.75 Å². The van der Waals surface area contributed by atoms with E-state index in [0.29, 0.717) is 5.56 Å². The summed E-state index contributed by atoms with van der Waals surface area (Å²) in [5, 5.41) is 31.8. The van der Waals surface area contributed by atoms with Crippen LogP contribution in [0.1, 0.15) is 17.2 Å². The minimum absolute atomic E-state index is 0.0117. The number of nitrogens with one attached hydrogen (secondary N) is 1. The molecule has 0 saturated carbocycles. The van der Waals surface area contributed by atoms with E-state index >= 15 is 0 Å². The second kappa shape index (κ2) is 5.11. The molecule has 0 heterocycles. The zero-order valence-corrected chi connectivity index (χ0v) is 8.94.